The van der Waals surface area contributed by atoms with Crippen molar-refractivity contribution in [3.8, 4) is 0 Å². The van der Waals surface area contributed by atoms with Gasteiger partial charge < -0.3 is 9.64 Å². The summed E-state index contributed by atoms with van der Waals surface area (Å²) in [6.07, 6.45) is 4.09. The number of piperidine rings is 1. The Morgan fingerprint density at radius 3 is 2.23 bits per heavy atom. The van der Waals surface area contributed by atoms with E-state index in [-0.39, 0.29) is 23.9 Å². The van der Waals surface area contributed by atoms with Crippen molar-refractivity contribution in [1.82, 2.24) is 9.21 Å². The van der Waals surface area contributed by atoms with E-state index in [1.165, 1.54) is 0 Å². The van der Waals surface area contributed by atoms with Gasteiger partial charge in [-0.1, -0.05) is 18.2 Å². The predicted octanol–water partition coefficient (Wildman–Crippen LogP) is 1.87. The molecule has 3 fully saturated rings. The fraction of sp³-hybridized carbons (Fsp3) is 0.632. The topological polar surface area (TPSA) is 66.9 Å². The zero-order chi connectivity index (χ0) is 18.1. The van der Waals surface area contributed by atoms with Gasteiger partial charge in [0.05, 0.1) is 17.4 Å². The van der Waals surface area contributed by atoms with E-state index in [0.29, 0.717) is 44.0 Å². The van der Waals surface area contributed by atoms with Crippen molar-refractivity contribution in [2.24, 2.45) is 5.92 Å². The van der Waals surface area contributed by atoms with Crippen LogP contribution in [0.5, 0.6) is 0 Å². The Bertz CT molecular complexity index is 734. The van der Waals surface area contributed by atoms with Crippen LogP contribution in [0.25, 0.3) is 0 Å². The third-order valence-electron chi connectivity index (χ3n) is 5.64. The minimum absolute atomic E-state index is 0.0147. The summed E-state index contributed by atoms with van der Waals surface area (Å²) in [5.41, 5.74) is 0. The monoisotopic (exact) mass is 378 g/mol. The fourth-order valence-corrected chi connectivity index (χ4v) is 6.01. The van der Waals surface area contributed by atoms with E-state index in [0.717, 1.165) is 19.3 Å². The number of carbonyl (C=O) groups excluding carboxylic acids is 1. The molecule has 2 heterocycles. The summed E-state index contributed by atoms with van der Waals surface area (Å²) in [7, 11) is -3.48. The first-order valence-electron chi connectivity index (χ1n) is 9.52. The Hall–Kier alpha value is -1.44. The normalized spacial score (nSPS) is 25.0. The molecule has 0 aromatic heterocycles. The standard InChI is InChI=1S/C19H26N2O4S/c22-19(15-10-13-25-14-15)20-11-8-17(9-12-20)21(16-6-7-16)26(23,24)18-4-2-1-3-5-18/h1-5,15-17H,6-14H2/t15-/m1/s1. The summed E-state index contributed by atoms with van der Waals surface area (Å²) in [6.45, 7) is 2.45. The van der Waals surface area contributed by atoms with Gasteiger partial charge in [0.15, 0.2) is 0 Å². The largest absolute Gasteiger partial charge is 0.381 e. The highest BCUT2D eigenvalue weighted by molar-refractivity contribution is 7.89. The fourth-order valence-electron chi connectivity index (χ4n) is 4.06. The molecule has 3 aliphatic rings. The minimum atomic E-state index is -3.48. The van der Waals surface area contributed by atoms with Gasteiger partial charge in [-0.15, -0.1) is 0 Å². The number of likely N-dealkylation sites (tertiary alicyclic amines) is 1. The van der Waals surface area contributed by atoms with Crippen LogP contribution in [0.2, 0.25) is 0 Å². The second-order valence-electron chi connectivity index (χ2n) is 7.50. The van der Waals surface area contributed by atoms with Gasteiger partial charge in [-0.3, -0.25) is 4.79 Å². The molecule has 0 unspecified atom stereocenters. The molecule has 0 spiro atoms. The third kappa shape index (κ3) is 3.52. The zero-order valence-electron chi connectivity index (χ0n) is 14.9. The van der Waals surface area contributed by atoms with Crippen LogP contribution < -0.4 is 0 Å². The van der Waals surface area contributed by atoms with Crippen molar-refractivity contribution in [3.05, 3.63) is 30.3 Å². The quantitative estimate of drug-likeness (QED) is 0.784. The molecule has 1 aliphatic carbocycles. The van der Waals surface area contributed by atoms with E-state index in [1.807, 2.05) is 11.0 Å². The van der Waals surface area contributed by atoms with Crippen LogP contribution in [0.3, 0.4) is 0 Å². The van der Waals surface area contributed by atoms with Crippen LogP contribution in [0.4, 0.5) is 0 Å². The van der Waals surface area contributed by atoms with Gasteiger partial charge in [-0.05, 0) is 44.2 Å². The summed E-state index contributed by atoms with van der Waals surface area (Å²) in [6, 6.07) is 8.81. The van der Waals surface area contributed by atoms with Gasteiger partial charge in [0.2, 0.25) is 15.9 Å². The molecule has 1 atom stereocenters. The summed E-state index contributed by atoms with van der Waals surface area (Å²) in [5.74, 6) is 0.156. The van der Waals surface area contributed by atoms with Crippen molar-refractivity contribution >= 4 is 15.9 Å². The Labute approximate surface area is 155 Å². The number of hydrogen-bond donors (Lipinski definition) is 0. The molecule has 0 bridgehead atoms. The van der Waals surface area contributed by atoms with Crippen LogP contribution in [0.1, 0.15) is 32.1 Å². The third-order valence-corrected chi connectivity index (χ3v) is 7.66. The molecule has 6 nitrogen and oxygen atoms in total. The first-order valence-corrected chi connectivity index (χ1v) is 11.0. The Kier molecular flexibility index (Phi) is 5.03. The van der Waals surface area contributed by atoms with Crippen LogP contribution in [-0.4, -0.2) is 61.9 Å². The van der Waals surface area contributed by atoms with Crippen molar-refractivity contribution in [1.29, 1.82) is 0 Å². The summed E-state index contributed by atoms with van der Waals surface area (Å²) < 4.78 is 33.4. The number of rotatable bonds is 5. The van der Waals surface area contributed by atoms with Crippen molar-refractivity contribution < 1.29 is 17.9 Å². The smallest absolute Gasteiger partial charge is 0.243 e. The molecule has 142 valence electrons. The molecular weight excluding hydrogens is 352 g/mol. The van der Waals surface area contributed by atoms with Crippen molar-refractivity contribution in [3.63, 3.8) is 0 Å². The molecule has 7 heteroatoms. The van der Waals surface area contributed by atoms with E-state index in [4.69, 9.17) is 4.74 Å². The maximum atomic E-state index is 13.2. The lowest BCUT2D eigenvalue weighted by atomic mass is 10.0. The maximum absolute atomic E-state index is 13.2. The number of amides is 1. The van der Waals surface area contributed by atoms with Crippen LogP contribution in [0, 0.1) is 5.92 Å². The highest BCUT2D eigenvalue weighted by Gasteiger charge is 2.44. The second-order valence-corrected chi connectivity index (χ2v) is 9.34. The van der Waals surface area contributed by atoms with Gasteiger partial charge in [0, 0.05) is 31.8 Å². The lowest BCUT2D eigenvalue weighted by Crippen LogP contribution is -2.50. The van der Waals surface area contributed by atoms with E-state index >= 15 is 0 Å². The number of hydrogen-bond acceptors (Lipinski definition) is 4. The van der Waals surface area contributed by atoms with Gasteiger partial charge in [-0.25, -0.2) is 8.42 Å². The number of benzene rings is 1. The summed E-state index contributed by atoms with van der Waals surface area (Å²) in [5, 5.41) is 0. The van der Waals surface area contributed by atoms with Gasteiger partial charge >= 0.3 is 0 Å². The van der Waals surface area contributed by atoms with Gasteiger partial charge in [-0.2, -0.15) is 4.31 Å². The Morgan fingerprint density at radius 2 is 1.65 bits per heavy atom. The molecule has 0 N–H and O–H groups in total. The molecule has 1 aromatic rings. The van der Waals surface area contributed by atoms with E-state index < -0.39 is 10.0 Å². The molecule has 2 saturated heterocycles. The molecule has 0 radical (unpaired) electrons. The SMILES string of the molecule is O=C([C@@H]1CCOC1)N1CCC(N(C2CC2)S(=O)(=O)c2ccccc2)CC1. The minimum Gasteiger partial charge on any atom is -0.381 e. The molecule has 26 heavy (non-hydrogen) atoms. The lowest BCUT2D eigenvalue weighted by molar-refractivity contribution is -0.136. The van der Waals surface area contributed by atoms with Crippen LogP contribution >= 0.6 is 0 Å². The molecule has 1 aromatic carbocycles. The highest BCUT2D eigenvalue weighted by Crippen LogP contribution is 2.36. The van der Waals surface area contributed by atoms with Crippen LogP contribution in [-0.2, 0) is 19.6 Å². The average molecular weight is 378 g/mol. The first-order chi connectivity index (χ1) is 12.6. The number of carbonyl (C=O) groups is 1. The number of nitrogens with zero attached hydrogens (tertiary/aromatic N) is 2. The Balaban J connectivity index is 1.45. The average Bonchev–Trinajstić information content (AvgIpc) is 3.33. The Morgan fingerprint density at radius 1 is 1.00 bits per heavy atom. The van der Waals surface area contributed by atoms with Gasteiger partial charge in [0.1, 0.15) is 0 Å². The lowest BCUT2D eigenvalue weighted by Gasteiger charge is -2.38. The molecule has 1 saturated carbocycles. The highest BCUT2D eigenvalue weighted by atomic mass is 32.2. The van der Waals surface area contributed by atoms with E-state index in [9.17, 15) is 13.2 Å². The maximum Gasteiger partial charge on any atom is 0.243 e. The summed E-state index contributed by atoms with van der Waals surface area (Å²) >= 11 is 0. The predicted molar refractivity (Wildman–Crippen MR) is 97.0 cm³/mol. The number of ether oxygens (including phenoxy) is 1. The van der Waals surface area contributed by atoms with Crippen molar-refractivity contribution in [2.75, 3.05) is 26.3 Å². The molecule has 1 amide bonds. The van der Waals surface area contributed by atoms with E-state index in [1.54, 1.807) is 28.6 Å². The van der Waals surface area contributed by atoms with Gasteiger partial charge in [0.25, 0.3) is 0 Å². The first kappa shape index (κ1) is 17.9. The molecule has 4 rings (SSSR count). The number of sulfonamides is 1. The van der Waals surface area contributed by atoms with E-state index in [2.05, 4.69) is 0 Å². The second kappa shape index (κ2) is 7.29. The zero-order valence-corrected chi connectivity index (χ0v) is 15.7. The summed E-state index contributed by atoms with van der Waals surface area (Å²) in [4.78, 5) is 14.8. The van der Waals surface area contributed by atoms with Crippen molar-refractivity contribution in [2.45, 2.75) is 49.1 Å². The van der Waals surface area contributed by atoms with Crippen LogP contribution in [0.15, 0.2) is 35.2 Å². The molecule has 2 aliphatic heterocycles. The molecular formula is C19H26N2O4S.